The van der Waals surface area contributed by atoms with Gasteiger partial charge in [0.15, 0.2) is 0 Å². The first kappa shape index (κ1) is 13.8. The van der Waals surface area contributed by atoms with Crippen molar-refractivity contribution < 1.29 is 4.92 Å². The molecule has 0 bridgehead atoms. The molecule has 0 spiro atoms. The van der Waals surface area contributed by atoms with Crippen LogP contribution in [0.1, 0.15) is 12.8 Å². The predicted molar refractivity (Wildman–Crippen MR) is 77.1 cm³/mol. The predicted octanol–water partition coefficient (Wildman–Crippen LogP) is 4.21. The van der Waals surface area contributed by atoms with Gasteiger partial charge in [0.25, 0.3) is 5.69 Å². The molecule has 0 saturated heterocycles. The van der Waals surface area contributed by atoms with E-state index in [1.807, 2.05) is 11.8 Å². The minimum absolute atomic E-state index is 0.0958. The molecule has 1 N–H and O–H groups in total. The summed E-state index contributed by atoms with van der Waals surface area (Å²) in [5.41, 5.74) is 0.478. The minimum atomic E-state index is -0.508. The van der Waals surface area contributed by atoms with Gasteiger partial charge in [-0.2, -0.15) is 11.8 Å². The van der Waals surface area contributed by atoms with Crippen LogP contribution in [0.25, 0.3) is 0 Å². The number of benzene rings is 1. The standard InChI is InChI=1S/C11H12Cl2N2O2S/c1-18-11(2-3-11)6-14-10-8(12)4-7(15(16)17)5-9(10)13/h4-5,14H,2-3,6H2,1H3. The van der Waals surface area contributed by atoms with Gasteiger partial charge >= 0.3 is 0 Å². The number of nitro benzene ring substituents is 1. The van der Waals surface area contributed by atoms with E-state index in [1.165, 1.54) is 25.0 Å². The largest absolute Gasteiger partial charge is 0.381 e. The molecule has 1 fully saturated rings. The van der Waals surface area contributed by atoms with Gasteiger partial charge in [-0.05, 0) is 19.1 Å². The Balaban J connectivity index is 2.15. The fourth-order valence-corrected chi connectivity index (χ4v) is 3.01. The SMILES string of the molecule is CSC1(CNc2c(Cl)cc([N+](=O)[O-])cc2Cl)CC1. The molecule has 1 saturated carbocycles. The van der Waals surface area contributed by atoms with E-state index in [4.69, 9.17) is 23.2 Å². The molecule has 1 aliphatic carbocycles. The number of anilines is 1. The van der Waals surface area contributed by atoms with E-state index in [-0.39, 0.29) is 20.5 Å². The van der Waals surface area contributed by atoms with Gasteiger partial charge in [-0.1, -0.05) is 23.2 Å². The second-order valence-electron chi connectivity index (χ2n) is 4.28. The summed E-state index contributed by atoms with van der Waals surface area (Å²) in [7, 11) is 0. The van der Waals surface area contributed by atoms with E-state index in [2.05, 4.69) is 11.6 Å². The van der Waals surface area contributed by atoms with Crippen LogP contribution in [0.4, 0.5) is 11.4 Å². The molecule has 1 aromatic rings. The van der Waals surface area contributed by atoms with Crippen molar-refractivity contribution in [1.29, 1.82) is 0 Å². The normalized spacial score (nSPS) is 16.4. The molecule has 1 aromatic carbocycles. The van der Waals surface area contributed by atoms with Crippen LogP contribution in [0.5, 0.6) is 0 Å². The van der Waals surface area contributed by atoms with Crippen LogP contribution in [-0.4, -0.2) is 22.5 Å². The average Bonchev–Trinajstić information content (AvgIpc) is 3.08. The zero-order valence-electron chi connectivity index (χ0n) is 9.70. The van der Waals surface area contributed by atoms with Crippen molar-refractivity contribution in [2.75, 3.05) is 18.1 Å². The molecule has 0 aromatic heterocycles. The lowest BCUT2D eigenvalue weighted by Gasteiger charge is -2.16. The topological polar surface area (TPSA) is 55.2 Å². The lowest BCUT2D eigenvalue weighted by atomic mass is 10.2. The molecule has 0 aliphatic heterocycles. The quantitative estimate of drug-likeness (QED) is 0.654. The van der Waals surface area contributed by atoms with Crippen LogP contribution in [-0.2, 0) is 0 Å². The number of non-ortho nitro benzene ring substituents is 1. The van der Waals surface area contributed by atoms with E-state index >= 15 is 0 Å². The molecule has 98 valence electrons. The van der Waals surface area contributed by atoms with Crippen molar-refractivity contribution in [1.82, 2.24) is 0 Å². The van der Waals surface area contributed by atoms with Gasteiger partial charge in [0.1, 0.15) is 0 Å². The second kappa shape index (κ2) is 5.15. The number of thioether (sulfide) groups is 1. The number of halogens is 2. The molecule has 0 heterocycles. The number of nitrogens with one attached hydrogen (secondary N) is 1. The van der Waals surface area contributed by atoms with E-state index in [0.29, 0.717) is 5.69 Å². The number of hydrogen-bond donors (Lipinski definition) is 1. The van der Waals surface area contributed by atoms with E-state index in [0.717, 1.165) is 6.54 Å². The molecule has 18 heavy (non-hydrogen) atoms. The Kier molecular flexibility index (Phi) is 3.94. The van der Waals surface area contributed by atoms with Gasteiger partial charge in [-0.3, -0.25) is 10.1 Å². The molecule has 4 nitrogen and oxygen atoms in total. The summed E-state index contributed by atoms with van der Waals surface area (Å²) in [5, 5.41) is 14.4. The first-order valence-electron chi connectivity index (χ1n) is 5.40. The minimum Gasteiger partial charge on any atom is -0.381 e. The highest BCUT2D eigenvalue weighted by molar-refractivity contribution is 8.00. The van der Waals surface area contributed by atoms with Crippen LogP contribution in [0.2, 0.25) is 10.0 Å². The zero-order valence-corrected chi connectivity index (χ0v) is 12.0. The number of rotatable bonds is 5. The summed E-state index contributed by atoms with van der Waals surface area (Å²) in [6.07, 6.45) is 4.42. The van der Waals surface area contributed by atoms with Crippen molar-refractivity contribution in [3.05, 3.63) is 32.3 Å². The lowest BCUT2D eigenvalue weighted by molar-refractivity contribution is -0.384. The highest BCUT2D eigenvalue weighted by atomic mass is 35.5. The Morgan fingerprint density at radius 2 is 2.00 bits per heavy atom. The van der Waals surface area contributed by atoms with Crippen LogP contribution in [0.3, 0.4) is 0 Å². The van der Waals surface area contributed by atoms with Gasteiger partial charge < -0.3 is 5.32 Å². The van der Waals surface area contributed by atoms with Crippen molar-refractivity contribution in [3.8, 4) is 0 Å². The number of nitrogens with zero attached hydrogens (tertiary/aromatic N) is 1. The van der Waals surface area contributed by atoms with E-state index < -0.39 is 4.92 Å². The maximum atomic E-state index is 10.7. The second-order valence-corrected chi connectivity index (χ2v) is 6.37. The molecule has 0 amide bonds. The van der Waals surface area contributed by atoms with Crippen molar-refractivity contribution in [2.24, 2.45) is 0 Å². The smallest absolute Gasteiger partial charge is 0.272 e. The number of nitro groups is 1. The van der Waals surface area contributed by atoms with Gasteiger partial charge in [0.05, 0.1) is 20.7 Å². The number of hydrogen-bond acceptors (Lipinski definition) is 4. The van der Waals surface area contributed by atoms with Crippen molar-refractivity contribution in [2.45, 2.75) is 17.6 Å². The maximum Gasteiger partial charge on any atom is 0.272 e. The van der Waals surface area contributed by atoms with Crippen LogP contribution >= 0.6 is 35.0 Å². The maximum absolute atomic E-state index is 10.7. The van der Waals surface area contributed by atoms with Crippen LogP contribution in [0, 0.1) is 10.1 Å². The molecule has 1 aliphatic rings. The molecule has 0 radical (unpaired) electrons. The third-order valence-electron chi connectivity index (χ3n) is 3.07. The van der Waals surface area contributed by atoms with Crippen molar-refractivity contribution >= 4 is 46.3 Å². The fourth-order valence-electron chi connectivity index (χ4n) is 1.68. The first-order chi connectivity index (χ1) is 8.47. The van der Waals surface area contributed by atoms with E-state index in [1.54, 1.807) is 0 Å². The summed E-state index contributed by atoms with van der Waals surface area (Å²) in [5.74, 6) is 0. The Morgan fingerprint density at radius 1 is 1.44 bits per heavy atom. The highest BCUT2D eigenvalue weighted by Crippen LogP contribution is 2.47. The summed E-state index contributed by atoms with van der Waals surface area (Å²) < 4.78 is 0.272. The van der Waals surface area contributed by atoms with Crippen LogP contribution < -0.4 is 5.32 Å². The monoisotopic (exact) mass is 306 g/mol. The Morgan fingerprint density at radius 3 is 2.39 bits per heavy atom. The Bertz CT molecular complexity index is 469. The molecular weight excluding hydrogens is 295 g/mol. The van der Waals surface area contributed by atoms with Gasteiger partial charge in [0.2, 0.25) is 0 Å². The highest BCUT2D eigenvalue weighted by Gasteiger charge is 2.41. The third kappa shape index (κ3) is 2.84. The molecule has 2 rings (SSSR count). The summed E-state index contributed by atoms with van der Waals surface area (Å²) in [6.45, 7) is 0.769. The average molecular weight is 307 g/mol. The molecule has 7 heteroatoms. The van der Waals surface area contributed by atoms with Gasteiger partial charge in [-0.25, -0.2) is 0 Å². The first-order valence-corrected chi connectivity index (χ1v) is 7.38. The summed E-state index contributed by atoms with van der Waals surface area (Å²) in [4.78, 5) is 10.1. The van der Waals surface area contributed by atoms with Gasteiger partial charge in [-0.15, -0.1) is 0 Å². The van der Waals surface area contributed by atoms with Gasteiger partial charge in [0, 0.05) is 23.4 Å². The van der Waals surface area contributed by atoms with E-state index in [9.17, 15) is 10.1 Å². The van der Waals surface area contributed by atoms with Crippen LogP contribution in [0.15, 0.2) is 12.1 Å². The fraction of sp³-hybridized carbons (Fsp3) is 0.455. The Labute approximate surface area is 119 Å². The zero-order chi connectivity index (χ0) is 13.3. The molecular formula is C11H12Cl2N2O2S. The Hall–Kier alpha value is -0.650. The third-order valence-corrected chi connectivity index (χ3v) is 5.08. The molecule has 0 atom stereocenters. The lowest BCUT2D eigenvalue weighted by Crippen LogP contribution is -2.17. The summed E-state index contributed by atoms with van der Waals surface area (Å²) in [6, 6.07) is 2.63. The summed E-state index contributed by atoms with van der Waals surface area (Å²) >= 11 is 13.8. The van der Waals surface area contributed by atoms with Crippen molar-refractivity contribution in [3.63, 3.8) is 0 Å². The molecule has 0 unspecified atom stereocenters.